The van der Waals surface area contributed by atoms with Crippen molar-refractivity contribution in [3.8, 4) is 0 Å². The lowest BCUT2D eigenvalue weighted by Gasteiger charge is -2.18. The molecule has 2 aromatic rings. The van der Waals surface area contributed by atoms with Gasteiger partial charge < -0.3 is 20.5 Å². The lowest BCUT2D eigenvalue weighted by atomic mass is 10.1. The maximum Gasteiger partial charge on any atom is 0.313 e. The van der Waals surface area contributed by atoms with Crippen molar-refractivity contribution in [3.05, 3.63) is 65.7 Å². The first-order valence-electron chi connectivity index (χ1n) is 8.03. The number of nitrogens with one attached hydrogen (secondary N) is 2. The van der Waals surface area contributed by atoms with Gasteiger partial charge in [-0.15, -0.1) is 0 Å². The summed E-state index contributed by atoms with van der Waals surface area (Å²) < 4.78 is 5.57. The van der Waals surface area contributed by atoms with Gasteiger partial charge in [-0.2, -0.15) is 0 Å². The van der Waals surface area contributed by atoms with Gasteiger partial charge in [0.25, 0.3) is 0 Å². The van der Waals surface area contributed by atoms with E-state index in [1.165, 1.54) is 0 Å². The Bertz CT molecular complexity index is 686. The minimum absolute atomic E-state index is 0.120. The highest BCUT2D eigenvalue weighted by Gasteiger charge is 2.18. The predicted octanol–water partition coefficient (Wildman–Crippen LogP) is 1.80. The van der Waals surface area contributed by atoms with Crippen molar-refractivity contribution in [3.63, 3.8) is 0 Å². The molecule has 6 heteroatoms. The Hall–Kier alpha value is -2.70. The Morgan fingerprint density at radius 1 is 1.04 bits per heavy atom. The number of rotatable bonds is 7. The lowest BCUT2D eigenvalue weighted by molar-refractivity contribution is -0.136. The Morgan fingerprint density at radius 2 is 1.72 bits per heavy atom. The average molecular weight is 342 g/mol. The Morgan fingerprint density at radius 3 is 2.36 bits per heavy atom. The molecule has 0 fully saturated rings. The molecule has 0 aromatic heterocycles. The number of benzene rings is 2. The summed E-state index contributed by atoms with van der Waals surface area (Å²) in [6, 6.07) is 16.4. The molecule has 0 aliphatic carbocycles. The highest BCUT2D eigenvalue weighted by Crippen LogP contribution is 2.17. The van der Waals surface area contributed by atoms with E-state index in [0.717, 1.165) is 11.1 Å². The van der Waals surface area contributed by atoms with Crippen LogP contribution in [-0.4, -0.2) is 36.7 Å². The van der Waals surface area contributed by atoms with Crippen molar-refractivity contribution < 1.29 is 19.4 Å². The normalized spacial score (nSPS) is 11.6. The smallest absolute Gasteiger partial charge is 0.313 e. The summed E-state index contributed by atoms with van der Waals surface area (Å²) in [4.78, 5) is 23.9. The summed E-state index contributed by atoms with van der Waals surface area (Å²) >= 11 is 0. The molecule has 0 radical (unpaired) electrons. The van der Waals surface area contributed by atoms with Crippen LogP contribution in [0.5, 0.6) is 0 Å². The van der Waals surface area contributed by atoms with Crippen molar-refractivity contribution in [2.45, 2.75) is 13.0 Å². The third-order valence-corrected chi connectivity index (χ3v) is 3.55. The third-order valence-electron chi connectivity index (χ3n) is 3.55. The minimum Gasteiger partial charge on any atom is -0.394 e. The van der Waals surface area contributed by atoms with Gasteiger partial charge in [0.15, 0.2) is 0 Å². The quantitative estimate of drug-likeness (QED) is 0.670. The van der Waals surface area contributed by atoms with E-state index >= 15 is 0 Å². The molecule has 0 bridgehead atoms. The molecule has 6 nitrogen and oxygen atoms in total. The van der Waals surface area contributed by atoms with E-state index in [1.54, 1.807) is 24.3 Å². The number of aliphatic hydroxyl groups is 1. The average Bonchev–Trinajstić information content (AvgIpc) is 2.63. The highest BCUT2D eigenvalue weighted by atomic mass is 16.5. The lowest BCUT2D eigenvalue weighted by Crippen LogP contribution is -2.38. The monoisotopic (exact) mass is 342 g/mol. The number of aliphatic hydroxyl groups excluding tert-OH is 1. The largest absolute Gasteiger partial charge is 0.394 e. The topological polar surface area (TPSA) is 87.7 Å². The van der Waals surface area contributed by atoms with Crippen LogP contribution in [0.2, 0.25) is 0 Å². The molecule has 25 heavy (non-hydrogen) atoms. The van der Waals surface area contributed by atoms with Gasteiger partial charge in [0, 0.05) is 12.2 Å². The van der Waals surface area contributed by atoms with E-state index in [1.807, 2.05) is 37.3 Å². The van der Waals surface area contributed by atoms with E-state index in [4.69, 9.17) is 9.84 Å². The van der Waals surface area contributed by atoms with Crippen molar-refractivity contribution in [2.75, 3.05) is 25.1 Å². The number of hydrogen-bond donors (Lipinski definition) is 3. The second-order valence-electron chi connectivity index (χ2n) is 5.52. The van der Waals surface area contributed by atoms with Crippen LogP contribution in [0.25, 0.3) is 0 Å². The maximum absolute atomic E-state index is 12.0. The second-order valence-corrected chi connectivity index (χ2v) is 5.52. The van der Waals surface area contributed by atoms with Crippen molar-refractivity contribution >= 4 is 17.5 Å². The zero-order valence-electron chi connectivity index (χ0n) is 14.1. The second kappa shape index (κ2) is 9.56. The number of ether oxygens (including phenoxy) is 1. The first kappa shape index (κ1) is 18.6. The van der Waals surface area contributed by atoms with Gasteiger partial charge in [0.05, 0.1) is 19.3 Å². The van der Waals surface area contributed by atoms with Gasteiger partial charge in [0.1, 0.15) is 0 Å². The van der Waals surface area contributed by atoms with Crippen molar-refractivity contribution in [1.29, 1.82) is 0 Å². The molecule has 0 saturated heterocycles. The minimum atomic E-state index is -0.742. The van der Waals surface area contributed by atoms with Crippen LogP contribution < -0.4 is 10.6 Å². The van der Waals surface area contributed by atoms with Gasteiger partial charge in [-0.05, 0) is 24.6 Å². The summed E-state index contributed by atoms with van der Waals surface area (Å²) in [5.41, 5.74) is 2.52. The fourth-order valence-electron chi connectivity index (χ4n) is 2.22. The number of para-hydroxylation sites is 1. The molecule has 0 aliphatic rings. The van der Waals surface area contributed by atoms with Crippen LogP contribution >= 0.6 is 0 Å². The fourth-order valence-corrected chi connectivity index (χ4v) is 2.22. The predicted molar refractivity (Wildman–Crippen MR) is 95.0 cm³/mol. The summed E-state index contributed by atoms with van der Waals surface area (Å²) in [6.07, 6.45) is -0.443. The van der Waals surface area contributed by atoms with E-state index in [-0.39, 0.29) is 19.8 Å². The number of carbonyl (C=O) groups excluding carboxylic acids is 2. The van der Waals surface area contributed by atoms with Crippen molar-refractivity contribution in [1.82, 2.24) is 5.32 Å². The molecule has 0 heterocycles. The zero-order chi connectivity index (χ0) is 18.1. The Balaban J connectivity index is 1.93. The van der Waals surface area contributed by atoms with Crippen LogP contribution in [0, 0.1) is 6.92 Å². The number of hydrogen-bond acceptors (Lipinski definition) is 4. The SMILES string of the molecule is Cc1ccc(C(CNC(=O)C(=O)Nc2ccccc2)OCCO)cc1. The van der Waals surface area contributed by atoms with Crippen LogP contribution in [0.15, 0.2) is 54.6 Å². The number of amides is 2. The molecule has 0 aliphatic heterocycles. The van der Waals surface area contributed by atoms with Crippen LogP contribution in [0.4, 0.5) is 5.69 Å². The molecule has 3 N–H and O–H groups in total. The van der Waals surface area contributed by atoms with E-state index in [2.05, 4.69) is 10.6 Å². The van der Waals surface area contributed by atoms with E-state index < -0.39 is 17.9 Å². The molecule has 2 aromatic carbocycles. The van der Waals surface area contributed by atoms with Crippen molar-refractivity contribution in [2.24, 2.45) is 0 Å². The van der Waals surface area contributed by atoms with E-state index in [0.29, 0.717) is 5.69 Å². The molecule has 2 rings (SSSR count). The fraction of sp³-hybridized carbons (Fsp3) is 0.263. The molecule has 1 atom stereocenters. The summed E-state index contributed by atoms with van der Waals surface area (Å²) in [5.74, 6) is -1.48. The molecular weight excluding hydrogens is 320 g/mol. The standard InChI is InChI=1S/C19H22N2O4/c1-14-7-9-15(10-8-14)17(25-12-11-22)13-20-18(23)19(24)21-16-5-3-2-4-6-16/h2-10,17,22H,11-13H2,1H3,(H,20,23)(H,21,24). The zero-order valence-corrected chi connectivity index (χ0v) is 14.1. The molecule has 2 amide bonds. The number of aryl methyl sites for hydroxylation is 1. The summed E-state index contributed by atoms with van der Waals surface area (Å²) in [6.45, 7) is 2.13. The van der Waals surface area contributed by atoms with Gasteiger partial charge in [0.2, 0.25) is 0 Å². The maximum atomic E-state index is 12.0. The number of carbonyl (C=O) groups is 2. The van der Waals surface area contributed by atoms with Crippen LogP contribution in [0.1, 0.15) is 17.2 Å². The van der Waals surface area contributed by atoms with Gasteiger partial charge in [-0.25, -0.2) is 0 Å². The first-order chi connectivity index (χ1) is 12.1. The summed E-state index contributed by atoms with van der Waals surface area (Å²) in [7, 11) is 0. The highest BCUT2D eigenvalue weighted by molar-refractivity contribution is 6.39. The number of anilines is 1. The molecule has 0 spiro atoms. The third kappa shape index (κ3) is 6.02. The van der Waals surface area contributed by atoms with Gasteiger partial charge >= 0.3 is 11.8 Å². The molecule has 132 valence electrons. The molecular formula is C19H22N2O4. The summed E-state index contributed by atoms with van der Waals surface area (Å²) in [5, 5.41) is 14.1. The van der Waals surface area contributed by atoms with Gasteiger partial charge in [-0.3, -0.25) is 9.59 Å². The van der Waals surface area contributed by atoms with Crippen LogP contribution in [0.3, 0.4) is 0 Å². The van der Waals surface area contributed by atoms with E-state index in [9.17, 15) is 9.59 Å². The van der Waals surface area contributed by atoms with Gasteiger partial charge in [-0.1, -0.05) is 48.0 Å². The first-order valence-corrected chi connectivity index (χ1v) is 8.03. The Labute approximate surface area is 146 Å². The Kier molecular flexibility index (Phi) is 7.13. The molecule has 0 saturated carbocycles. The van der Waals surface area contributed by atoms with Crippen LogP contribution in [-0.2, 0) is 14.3 Å². The molecule has 1 unspecified atom stereocenters.